The largest absolute Gasteiger partial charge is 0.476 e. The molecule has 0 aromatic rings. The van der Waals surface area contributed by atoms with Crippen LogP contribution in [0.4, 0.5) is 0 Å². The lowest BCUT2D eigenvalue weighted by Crippen LogP contribution is -2.29. The molecule has 0 amide bonds. The second kappa shape index (κ2) is 4.11. The molecule has 0 saturated carbocycles. The minimum absolute atomic E-state index is 0.0443. The maximum absolute atomic E-state index is 5.72. The Morgan fingerprint density at radius 3 is 1.82 bits per heavy atom. The van der Waals surface area contributed by atoms with E-state index >= 15 is 0 Å². The van der Waals surface area contributed by atoms with Crippen molar-refractivity contribution in [1.82, 2.24) is 0 Å². The average Bonchev–Trinajstić information content (AvgIpc) is 2.26. The Balaban J connectivity index is 3.19. The van der Waals surface area contributed by atoms with Crippen molar-refractivity contribution in [3.8, 4) is 0 Å². The van der Waals surface area contributed by atoms with Gasteiger partial charge in [-0.1, -0.05) is 13.8 Å². The molecule has 98 valence electrons. The molecule has 1 rings (SSSR count). The second-order valence-electron chi connectivity index (χ2n) is 7.39. The van der Waals surface area contributed by atoms with E-state index in [1.165, 1.54) is 0 Å². The van der Waals surface area contributed by atoms with Crippen LogP contribution in [0.3, 0.4) is 0 Å². The molecule has 0 aromatic heterocycles. The Kier molecular flexibility index (Phi) is 3.43. The number of rotatable bonds is 0. The number of ether oxygens (including phenoxy) is 1. The molecule has 0 spiro atoms. The van der Waals surface area contributed by atoms with E-state index < -0.39 is 0 Å². The Labute approximate surface area is 105 Å². The molecule has 1 heterocycles. The van der Waals surface area contributed by atoms with Crippen LogP contribution >= 0.6 is 0 Å². The highest BCUT2D eigenvalue weighted by Gasteiger charge is 2.39. The lowest BCUT2D eigenvalue weighted by molar-refractivity contribution is 0.258. The van der Waals surface area contributed by atoms with Crippen LogP contribution in [0.2, 0.25) is 0 Å². The molecule has 0 unspecified atom stereocenters. The van der Waals surface area contributed by atoms with Gasteiger partial charge in [0, 0.05) is 5.41 Å². The zero-order valence-electron chi connectivity index (χ0n) is 12.5. The third-order valence-electron chi connectivity index (χ3n) is 2.30. The fraction of sp³-hybridized carbons (Fsp3) is 0.857. The molecule has 0 N–H and O–H groups in total. The van der Waals surface area contributed by atoms with E-state index in [4.69, 9.17) is 9.73 Å². The summed E-state index contributed by atoms with van der Waals surface area (Å²) in [6.45, 7) is 17.5. The van der Waals surface area contributed by atoms with Crippen LogP contribution < -0.4 is 0 Å². The first-order valence-electron chi connectivity index (χ1n) is 6.24. The van der Waals surface area contributed by atoms with Crippen LogP contribution in [0.15, 0.2) is 9.98 Å². The van der Waals surface area contributed by atoms with Crippen LogP contribution in [0.25, 0.3) is 0 Å². The van der Waals surface area contributed by atoms with Crippen molar-refractivity contribution >= 4 is 11.6 Å². The molecule has 0 atom stereocenters. The molecule has 0 radical (unpaired) electrons. The van der Waals surface area contributed by atoms with Crippen molar-refractivity contribution in [2.24, 2.45) is 15.4 Å². The minimum Gasteiger partial charge on any atom is -0.476 e. The molecule has 0 bridgehead atoms. The zero-order chi connectivity index (χ0) is 13.5. The van der Waals surface area contributed by atoms with E-state index in [-0.39, 0.29) is 16.5 Å². The molecule has 1 fully saturated rings. The van der Waals surface area contributed by atoms with Crippen LogP contribution in [0, 0.1) is 5.41 Å². The lowest BCUT2D eigenvalue weighted by Gasteiger charge is -2.20. The Morgan fingerprint density at radius 1 is 0.941 bits per heavy atom. The molecular weight excluding hydrogens is 212 g/mol. The second-order valence-corrected chi connectivity index (χ2v) is 7.39. The van der Waals surface area contributed by atoms with Gasteiger partial charge in [-0.05, 0) is 41.5 Å². The van der Waals surface area contributed by atoms with Crippen molar-refractivity contribution in [3.63, 3.8) is 0 Å². The van der Waals surface area contributed by atoms with Gasteiger partial charge in [-0.15, -0.1) is 0 Å². The molecule has 17 heavy (non-hydrogen) atoms. The molecule has 3 nitrogen and oxygen atoms in total. The zero-order valence-corrected chi connectivity index (χ0v) is 12.5. The van der Waals surface area contributed by atoms with Gasteiger partial charge in [0.2, 0.25) is 5.90 Å². The maximum Gasteiger partial charge on any atom is 0.231 e. The van der Waals surface area contributed by atoms with Gasteiger partial charge in [-0.3, -0.25) is 4.99 Å². The maximum atomic E-state index is 5.72. The van der Waals surface area contributed by atoms with Crippen LogP contribution in [-0.2, 0) is 4.74 Å². The number of nitrogens with zero attached hydrogens (tertiary/aromatic N) is 2. The molecular formula is C14H26N2O. The summed E-state index contributed by atoms with van der Waals surface area (Å²) in [5, 5.41) is 0. The van der Waals surface area contributed by atoms with E-state index in [0.29, 0.717) is 6.61 Å². The fourth-order valence-electron chi connectivity index (χ4n) is 1.60. The van der Waals surface area contributed by atoms with Crippen LogP contribution in [0.5, 0.6) is 0 Å². The average molecular weight is 238 g/mol. The number of aliphatic imine (C=N–C) groups is 2. The molecule has 0 aliphatic carbocycles. The highest BCUT2D eigenvalue weighted by atomic mass is 16.5. The minimum atomic E-state index is -0.131. The molecule has 1 aliphatic heterocycles. The van der Waals surface area contributed by atoms with E-state index in [1.54, 1.807) is 0 Å². The third-order valence-corrected chi connectivity index (χ3v) is 2.30. The van der Waals surface area contributed by atoms with Gasteiger partial charge in [-0.25, -0.2) is 4.99 Å². The van der Waals surface area contributed by atoms with Crippen LogP contribution in [-0.4, -0.2) is 29.3 Å². The predicted molar refractivity (Wildman–Crippen MR) is 74.1 cm³/mol. The Bertz CT molecular complexity index is 351. The number of hydrogen-bond donors (Lipinski definition) is 0. The summed E-state index contributed by atoms with van der Waals surface area (Å²) in [7, 11) is 0. The lowest BCUT2D eigenvalue weighted by atomic mass is 9.89. The van der Waals surface area contributed by atoms with E-state index in [9.17, 15) is 0 Å². The van der Waals surface area contributed by atoms with Gasteiger partial charge < -0.3 is 4.74 Å². The van der Waals surface area contributed by atoms with E-state index in [0.717, 1.165) is 11.6 Å². The van der Waals surface area contributed by atoms with Crippen molar-refractivity contribution in [2.75, 3.05) is 6.61 Å². The predicted octanol–water partition coefficient (Wildman–Crippen LogP) is 3.48. The first-order valence-corrected chi connectivity index (χ1v) is 6.24. The van der Waals surface area contributed by atoms with Gasteiger partial charge in [0.05, 0.1) is 11.1 Å². The SMILES string of the molecule is CC(C)(C)N=C1OCC(C)(C)C1=NC(C)(C)C. The van der Waals surface area contributed by atoms with Gasteiger partial charge in [0.15, 0.2) is 0 Å². The smallest absolute Gasteiger partial charge is 0.231 e. The summed E-state index contributed by atoms with van der Waals surface area (Å²) in [4.78, 5) is 9.42. The number of hydrogen-bond acceptors (Lipinski definition) is 3. The summed E-state index contributed by atoms with van der Waals surface area (Å²) in [6.07, 6.45) is 0. The summed E-state index contributed by atoms with van der Waals surface area (Å²) in [5.41, 5.74) is 0.727. The first kappa shape index (κ1) is 14.2. The van der Waals surface area contributed by atoms with Gasteiger partial charge >= 0.3 is 0 Å². The van der Waals surface area contributed by atoms with Gasteiger partial charge in [0.1, 0.15) is 12.3 Å². The van der Waals surface area contributed by atoms with Crippen molar-refractivity contribution in [2.45, 2.75) is 66.5 Å². The summed E-state index contributed by atoms with van der Waals surface area (Å²) in [6, 6.07) is 0. The highest BCUT2D eigenvalue weighted by Crippen LogP contribution is 2.29. The topological polar surface area (TPSA) is 34.0 Å². The Morgan fingerprint density at radius 2 is 1.41 bits per heavy atom. The fourth-order valence-corrected chi connectivity index (χ4v) is 1.60. The van der Waals surface area contributed by atoms with Gasteiger partial charge in [-0.2, -0.15) is 0 Å². The standard InChI is InChI=1S/C14H26N2O/c1-12(2,3)15-10-11(16-13(4,5)6)17-9-14(10,7)8/h9H2,1-8H3. The Hall–Kier alpha value is -0.860. The molecule has 3 heteroatoms. The van der Waals surface area contributed by atoms with E-state index in [2.05, 4.69) is 60.4 Å². The molecule has 0 aromatic carbocycles. The normalized spacial score (nSPS) is 25.4. The van der Waals surface area contributed by atoms with Crippen molar-refractivity contribution < 1.29 is 4.74 Å². The molecule has 1 aliphatic rings. The first-order chi connectivity index (χ1) is 7.41. The summed E-state index contributed by atoms with van der Waals surface area (Å²) < 4.78 is 5.72. The van der Waals surface area contributed by atoms with E-state index in [1.807, 2.05) is 0 Å². The quantitative estimate of drug-likeness (QED) is 0.636. The summed E-state index contributed by atoms with van der Waals surface area (Å²) >= 11 is 0. The monoisotopic (exact) mass is 238 g/mol. The van der Waals surface area contributed by atoms with Crippen LogP contribution in [0.1, 0.15) is 55.4 Å². The summed E-state index contributed by atoms with van der Waals surface area (Å²) in [5.74, 6) is 0.720. The van der Waals surface area contributed by atoms with Crippen molar-refractivity contribution in [1.29, 1.82) is 0 Å². The molecule has 1 saturated heterocycles. The third kappa shape index (κ3) is 4.14. The highest BCUT2D eigenvalue weighted by molar-refractivity contribution is 6.42. The van der Waals surface area contributed by atoms with Crippen molar-refractivity contribution in [3.05, 3.63) is 0 Å². The van der Waals surface area contributed by atoms with Gasteiger partial charge in [0.25, 0.3) is 0 Å².